The van der Waals surface area contributed by atoms with Crippen molar-refractivity contribution < 1.29 is 9.53 Å². The lowest BCUT2D eigenvalue weighted by Crippen LogP contribution is -2.06. The molecular weight excluding hydrogens is 224 g/mol. The summed E-state index contributed by atoms with van der Waals surface area (Å²) in [6.07, 6.45) is 0. The van der Waals surface area contributed by atoms with Crippen molar-refractivity contribution in [2.24, 2.45) is 0 Å². The Bertz CT molecular complexity index is 571. The van der Waals surface area contributed by atoms with Gasteiger partial charge in [0.2, 0.25) is 0 Å². The minimum Gasteiger partial charge on any atom is -0.496 e. The highest BCUT2D eigenvalue weighted by Gasteiger charge is 2.17. The van der Waals surface area contributed by atoms with Gasteiger partial charge in [-0.1, -0.05) is 36.4 Å². The molecule has 0 amide bonds. The van der Waals surface area contributed by atoms with Crippen molar-refractivity contribution in [3.05, 3.63) is 64.7 Å². The van der Waals surface area contributed by atoms with Gasteiger partial charge < -0.3 is 4.74 Å². The van der Waals surface area contributed by atoms with Crippen LogP contribution in [0.5, 0.6) is 5.75 Å². The fourth-order valence-electron chi connectivity index (χ4n) is 2.11. The maximum absolute atomic E-state index is 12.5. The standard InChI is InChI=1S/C16H16O2/c1-11-9-12(2)15(14(10-11)18-3)16(17)13-7-5-4-6-8-13/h4-10H,1-3H3. The molecule has 0 aliphatic heterocycles. The number of carbonyl (C=O) groups is 1. The predicted molar refractivity (Wildman–Crippen MR) is 72.3 cm³/mol. The van der Waals surface area contributed by atoms with Gasteiger partial charge in [-0.25, -0.2) is 0 Å². The van der Waals surface area contributed by atoms with Gasteiger partial charge in [0.15, 0.2) is 5.78 Å². The fraction of sp³-hybridized carbons (Fsp3) is 0.188. The van der Waals surface area contributed by atoms with Crippen LogP contribution < -0.4 is 4.74 Å². The predicted octanol–water partition coefficient (Wildman–Crippen LogP) is 3.54. The molecule has 2 aromatic carbocycles. The molecule has 92 valence electrons. The Kier molecular flexibility index (Phi) is 3.47. The maximum Gasteiger partial charge on any atom is 0.197 e. The third kappa shape index (κ3) is 2.28. The number of carbonyl (C=O) groups excluding carboxylic acids is 1. The summed E-state index contributed by atoms with van der Waals surface area (Å²) in [5.41, 5.74) is 3.37. The zero-order valence-corrected chi connectivity index (χ0v) is 10.9. The summed E-state index contributed by atoms with van der Waals surface area (Å²) in [7, 11) is 1.59. The van der Waals surface area contributed by atoms with Crippen LogP contribution in [0.15, 0.2) is 42.5 Å². The van der Waals surface area contributed by atoms with Crippen molar-refractivity contribution in [3.8, 4) is 5.75 Å². The molecule has 0 aromatic heterocycles. The summed E-state index contributed by atoms with van der Waals surface area (Å²) >= 11 is 0. The summed E-state index contributed by atoms with van der Waals surface area (Å²) in [4.78, 5) is 12.5. The molecule has 0 aliphatic carbocycles. The molecule has 0 spiro atoms. The van der Waals surface area contributed by atoms with E-state index in [2.05, 4.69) is 0 Å². The van der Waals surface area contributed by atoms with Gasteiger partial charge >= 0.3 is 0 Å². The first kappa shape index (κ1) is 12.4. The number of aryl methyl sites for hydroxylation is 2. The average Bonchev–Trinajstić information content (AvgIpc) is 2.38. The molecule has 2 heteroatoms. The molecule has 0 fully saturated rings. The van der Waals surface area contributed by atoms with E-state index in [9.17, 15) is 4.79 Å². The molecule has 2 nitrogen and oxygen atoms in total. The summed E-state index contributed by atoms with van der Waals surface area (Å²) in [5, 5.41) is 0. The van der Waals surface area contributed by atoms with Crippen LogP contribution >= 0.6 is 0 Å². The Morgan fingerprint density at radius 3 is 2.33 bits per heavy atom. The van der Waals surface area contributed by atoms with Crippen LogP contribution in [0.1, 0.15) is 27.0 Å². The highest BCUT2D eigenvalue weighted by Crippen LogP contribution is 2.26. The van der Waals surface area contributed by atoms with Gasteiger partial charge in [0.1, 0.15) is 5.75 Å². The lowest BCUT2D eigenvalue weighted by atomic mass is 9.96. The van der Waals surface area contributed by atoms with Crippen molar-refractivity contribution >= 4 is 5.78 Å². The average molecular weight is 240 g/mol. The van der Waals surface area contributed by atoms with Crippen LogP contribution in [-0.4, -0.2) is 12.9 Å². The molecule has 2 rings (SSSR count). The summed E-state index contributed by atoms with van der Waals surface area (Å²) < 4.78 is 5.33. The van der Waals surface area contributed by atoms with E-state index in [4.69, 9.17) is 4.74 Å². The molecule has 0 radical (unpaired) electrons. The van der Waals surface area contributed by atoms with Crippen molar-refractivity contribution in [2.45, 2.75) is 13.8 Å². The van der Waals surface area contributed by atoms with Gasteiger partial charge in [0, 0.05) is 5.56 Å². The SMILES string of the molecule is COc1cc(C)cc(C)c1C(=O)c1ccccc1. The number of ether oxygens (including phenoxy) is 1. The van der Waals surface area contributed by atoms with Gasteiger partial charge in [-0.2, -0.15) is 0 Å². The molecule has 0 saturated carbocycles. The Hall–Kier alpha value is -2.09. The van der Waals surface area contributed by atoms with Crippen LogP contribution in [0.3, 0.4) is 0 Å². The van der Waals surface area contributed by atoms with E-state index in [1.54, 1.807) is 7.11 Å². The molecule has 18 heavy (non-hydrogen) atoms. The minimum atomic E-state index is 0.00458. The fourth-order valence-corrected chi connectivity index (χ4v) is 2.11. The highest BCUT2D eigenvalue weighted by atomic mass is 16.5. The van der Waals surface area contributed by atoms with Crippen molar-refractivity contribution in [1.29, 1.82) is 0 Å². The Balaban J connectivity index is 2.55. The van der Waals surface area contributed by atoms with Crippen LogP contribution in [0, 0.1) is 13.8 Å². The van der Waals surface area contributed by atoms with Gasteiger partial charge in [0.05, 0.1) is 12.7 Å². The van der Waals surface area contributed by atoms with E-state index in [0.29, 0.717) is 16.9 Å². The van der Waals surface area contributed by atoms with Gasteiger partial charge in [0.25, 0.3) is 0 Å². The highest BCUT2D eigenvalue weighted by molar-refractivity contribution is 6.11. The zero-order chi connectivity index (χ0) is 13.1. The first-order chi connectivity index (χ1) is 8.63. The summed E-state index contributed by atoms with van der Waals surface area (Å²) in [6, 6.07) is 13.2. The van der Waals surface area contributed by atoms with Crippen LogP contribution in [0.4, 0.5) is 0 Å². The molecule has 0 bridgehead atoms. The Morgan fingerprint density at radius 2 is 1.72 bits per heavy atom. The largest absolute Gasteiger partial charge is 0.496 e. The van der Waals surface area contributed by atoms with Crippen LogP contribution in [0.25, 0.3) is 0 Å². The number of ketones is 1. The number of hydrogen-bond donors (Lipinski definition) is 0. The minimum absolute atomic E-state index is 0.00458. The smallest absolute Gasteiger partial charge is 0.197 e. The summed E-state index contributed by atoms with van der Waals surface area (Å²) in [5.74, 6) is 0.645. The van der Waals surface area contributed by atoms with E-state index in [-0.39, 0.29) is 5.78 Å². The van der Waals surface area contributed by atoms with E-state index >= 15 is 0 Å². The topological polar surface area (TPSA) is 26.3 Å². The van der Waals surface area contributed by atoms with E-state index < -0.39 is 0 Å². The monoisotopic (exact) mass is 240 g/mol. The third-order valence-electron chi connectivity index (χ3n) is 2.93. The molecular formula is C16H16O2. The van der Waals surface area contributed by atoms with Gasteiger partial charge in [-0.05, 0) is 31.0 Å². The molecule has 0 N–H and O–H groups in total. The first-order valence-electron chi connectivity index (χ1n) is 5.88. The molecule has 0 aliphatic rings. The van der Waals surface area contributed by atoms with E-state index in [1.165, 1.54) is 0 Å². The second kappa shape index (κ2) is 5.05. The molecule has 0 heterocycles. The molecule has 0 atom stereocenters. The van der Waals surface area contributed by atoms with Gasteiger partial charge in [-0.15, -0.1) is 0 Å². The van der Waals surface area contributed by atoms with E-state index in [0.717, 1.165) is 11.1 Å². The molecule has 0 saturated heterocycles. The third-order valence-corrected chi connectivity index (χ3v) is 2.93. The van der Waals surface area contributed by atoms with Crippen molar-refractivity contribution in [1.82, 2.24) is 0 Å². The van der Waals surface area contributed by atoms with Crippen molar-refractivity contribution in [2.75, 3.05) is 7.11 Å². The second-order valence-electron chi connectivity index (χ2n) is 4.35. The maximum atomic E-state index is 12.5. The number of rotatable bonds is 3. The number of benzene rings is 2. The number of hydrogen-bond acceptors (Lipinski definition) is 2. The zero-order valence-electron chi connectivity index (χ0n) is 10.9. The first-order valence-corrected chi connectivity index (χ1v) is 5.88. The van der Waals surface area contributed by atoms with Gasteiger partial charge in [-0.3, -0.25) is 4.79 Å². The Morgan fingerprint density at radius 1 is 1.06 bits per heavy atom. The van der Waals surface area contributed by atoms with Crippen LogP contribution in [0.2, 0.25) is 0 Å². The lowest BCUT2D eigenvalue weighted by Gasteiger charge is -2.12. The lowest BCUT2D eigenvalue weighted by molar-refractivity contribution is 0.103. The molecule has 0 unspecified atom stereocenters. The number of methoxy groups -OCH3 is 1. The quantitative estimate of drug-likeness (QED) is 0.767. The van der Waals surface area contributed by atoms with Crippen LogP contribution in [-0.2, 0) is 0 Å². The Labute approximate surface area is 107 Å². The van der Waals surface area contributed by atoms with E-state index in [1.807, 2.05) is 56.3 Å². The summed E-state index contributed by atoms with van der Waals surface area (Å²) in [6.45, 7) is 3.93. The molecule has 2 aromatic rings. The normalized spacial score (nSPS) is 10.2. The second-order valence-corrected chi connectivity index (χ2v) is 4.35. The van der Waals surface area contributed by atoms with Crippen molar-refractivity contribution in [3.63, 3.8) is 0 Å².